The Morgan fingerprint density at radius 2 is 1.85 bits per heavy atom. The number of nitrogens with one attached hydrogen (secondary N) is 1. The molecule has 2 bridgehead atoms. The smallest absolute Gasteiger partial charge is 0.307 e. The number of nitrogens with zero attached hydrogens (tertiary/aromatic N) is 1. The Hall–Kier alpha value is -1.43. The summed E-state index contributed by atoms with van der Waals surface area (Å²) >= 11 is 1.42. The van der Waals surface area contributed by atoms with Crippen molar-refractivity contribution in [3.05, 3.63) is 11.1 Å². The van der Waals surface area contributed by atoms with E-state index in [1.54, 1.807) is 6.20 Å². The molecule has 1 heterocycles. The zero-order chi connectivity index (χ0) is 14.3. The van der Waals surface area contributed by atoms with Crippen LogP contribution >= 0.6 is 11.3 Å². The highest BCUT2D eigenvalue weighted by Crippen LogP contribution is 2.49. The number of rotatable bonds is 3. The molecule has 108 valence electrons. The van der Waals surface area contributed by atoms with Crippen LogP contribution in [0.2, 0.25) is 0 Å². The Kier molecular flexibility index (Phi) is 3.50. The van der Waals surface area contributed by atoms with Crippen LogP contribution in [0.5, 0.6) is 0 Å². The topological polar surface area (TPSA) is 79.3 Å². The largest absolute Gasteiger partial charge is 0.481 e. The van der Waals surface area contributed by atoms with Crippen LogP contribution in [-0.2, 0) is 9.59 Å². The molecule has 0 aliphatic heterocycles. The van der Waals surface area contributed by atoms with Gasteiger partial charge in [-0.3, -0.25) is 9.59 Å². The van der Waals surface area contributed by atoms with E-state index in [0.29, 0.717) is 5.13 Å². The Morgan fingerprint density at radius 3 is 2.35 bits per heavy atom. The fourth-order valence-corrected chi connectivity index (χ4v) is 4.45. The maximum Gasteiger partial charge on any atom is 0.307 e. The number of carboxylic acid groups (broad SMARTS) is 1. The van der Waals surface area contributed by atoms with Gasteiger partial charge in [-0.05, 0) is 44.4 Å². The first-order valence-electron chi connectivity index (χ1n) is 7.02. The molecule has 3 aliphatic rings. The molecule has 0 saturated heterocycles. The molecule has 5 nitrogen and oxygen atoms in total. The van der Waals surface area contributed by atoms with E-state index < -0.39 is 17.8 Å². The minimum absolute atomic E-state index is 0.159. The number of fused-ring (bicyclic) bond motifs is 3. The van der Waals surface area contributed by atoms with Crippen LogP contribution in [0.4, 0.5) is 5.13 Å². The number of thiazole rings is 1. The Morgan fingerprint density at radius 1 is 1.25 bits per heavy atom. The third-order valence-corrected chi connectivity index (χ3v) is 5.49. The summed E-state index contributed by atoms with van der Waals surface area (Å²) in [6.45, 7) is 1.93. The molecular formula is C14H18N2O3S. The number of aryl methyl sites for hydroxylation is 1. The van der Waals surface area contributed by atoms with Crippen LogP contribution in [0.25, 0.3) is 0 Å². The van der Waals surface area contributed by atoms with Gasteiger partial charge in [0.25, 0.3) is 0 Å². The Balaban J connectivity index is 1.79. The number of amides is 1. The van der Waals surface area contributed by atoms with E-state index in [4.69, 9.17) is 0 Å². The van der Waals surface area contributed by atoms with Crippen LogP contribution in [-0.4, -0.2) is 22.0 Å². The third kappa shape index (κ3) is 2.32. The first-order chi connectivity index (χ1) is 9.56. The number of carbonyl (C=O) groups excluding carboxylic acids is 1. The first kappa shape index (κ1) is 13.5. The standard InChI is InChI=1S/C14H18N2O3S/c1-7-6-15-14(20-7)16-12(17)10-8-2-4-9(5-3-8)11(10)13(18)19/h6,8-11H,2-5H2,1H3,(H,18,19)(H,15,16,17)/t8?,9?,10-,11+/m0/s1. The van der Waals surface area contributed by atoms with Crippen molar-refractivity contribution >= 4 is 28.3 Å². The molecule has 6 heteroatoms. The van der Waals surface area contributed by atoms with Crippen molar-refractivity contribution in [2.45, 2.75) is 32.6 Å². The normalized spacial score (nSPS) is 32.0. The average molecular weight is 294 g/mol. The quantitative estimate of drug-likeness (QED) is 0.897. The number of aliphatic carboxylic acids is 1. The molecule has 0 spiro atoms. The van der Waals surface area contributed by atoms with Gasteiger partial charge in [-0.2, -0.15) is 0 Å². The molecular weight excluding hydrogens is 276 g/mol. The van der Waals surface area contributed by atoms with Gasteiger partial charge >= 0.3 is 5.97 Å². The first-order valence-corrected chi connectivity index (χ1v) is 7.84. The van der Waals surface area contributed by atoms with E-state index in [-0.39, 0.29) is 17.7 Å². The Labute approximate surface area is 121 Å². The summed E-state index contributed by atoms with van der Waals surface area (Å²) in [5.41, 5.74) is 0. The highest BCUT2D eigenvalue weighted by Gasteiger charge is 2.50. The zero-order valence-electron chi connectivity index (χ0n) is 11.3. The van der Waals surface area contributed by atoms with Gasteiger partial charge in [0.05, 0.1) is 11.8 Å². The molecule has 1 aromatic rings. The third-order valence-electron chi connectivity index (χ3n) is 4.66. The van der Waals surface area contributed by atoms with Crippen molar-refractivity contribution in [3.8, 4) is 0 Å². The minimum atomic E-state index is -0.824. The van der Waals surface area contributed by atoms with Gasteiger partial charge in [-0.1, -0.05) is 0 Å². The second-order valence-corrected chi connectivity index (χ2v) is 7.06. The summed E-state index contributed by atoms with van der Waals surface area (Å²) in [5.74, 6) is -1.54. The SMILES string of the molecule is Cc1cnc(NC(=O)[C@H]2C3CCC(CC3)[C@H]2C(=O)O)s1. The molecule has 3 aliphatic carbocycles. The number of aromatic nitrogens is 1. The van der Waals surface area contributed by atoms with E-state index in [9.17, 15) is 14.7 Å². The predicted molar refractivity (Wildman–Crippen MR) is 75.5 cm³/mol. The highest BCUT2D eigenvalue weighted by molar-refractivity contribution is 7.15. The minimum Gasteiger partial charge on any atom is -0.481 e. The van der Waals surface area contributed by atoms with Gasteiger partial charge in [0.15, 0.2) is 5.13 Å². The van der Waals surface area contributed by atoms with E-state index in [1.165, 1.54) is 11.3 Å². The summed E-state index contributed by atoms with van der Waals surface area (Å²) in [7, 11) is 0. The molecule has 4 rings (SSSR count). The van der Waals surface area contributed by atoms with Gasteiger partial charge in [0.1, 0.15) is 0 Å². The van der Waals surface area contributed by atoms with Gasteiger partial charge in [-0.15, -0.1) is 11.3 Å². The number of anilines is 1. The fourth-order valence-electron chi connectivity index (χ4n) is 3.78. The second kappa shape index (κ2) is 5.16. The molecule has 1 amide bonds. The van der Waals surface area contributed by atoms with Gasteiger partial charge in [0.2, 0.25) is 5.91 Å². The average Bonchev–Trinajstić information content (AvgIpc) is 2.84. The predicted octanol–water partition coefficient (Wildman–Crippen LogP) is 2.53. The lowest BCUT2D eigenvalue weighted by molar-refractivity contribution is -0.156. The lowest BCUT2D eigenvalue weighted by Crippen LogP contribution is -2.49. The second-order valence-electron chi connectivity index (χ2n) is 5.83. The van der Waals surface area contributed by atoms with Crippen molar-refractivity contribution in [1.82, 2.24) is 4.98 Å². The summed E-state index contributed by atoms with van der Waals surface area (Å²) in [4.78, 5) is 29.1. The molecule has 3 saturated carbocycles. The van der Waals surface area contributed by atoms with E-state index in [0.717, 1.165) is 30.6 Å². The fraction of sp³-hybridized carbons (Fsp3) is 0.643. The van der Waals surface area contributed by atoms with E-state index in [1.807, 2.05) is 6.92 Å². The van der Waals surface area contributed by atoms with Crippen molar-refractivity contribution in [3.63, 3.8) is 0 Å². The van der Waals surface area contributed by atoms with E-state index in [2.05, 4.69) is 10.3 Å². The maximum atomic E-state index is 12.5. The van der Waals surface area contributed by atoms with Crippen LogP contribution in [0, 0.1) is 30.6 Å². The van der Waals surface area contributed by atoms with Gasteiger partial charge in [-0.25, -0.2) is 4.98 Å². The highest BCUT2D eigenvalue weighted by atomic mass is 32.1. The van der Waals surface area contributed by atoms with Crippen LogP contribution in [0.3, 0.4) is 0 Å². The maximum absolute atomic E-state index is 12.5. The lowest BCUT2D eigenvalue weighted by atomic mass is 9.58. The van der Waals surface area contributed by atoms with Crippen molar-refractivity contribution < 1.29 is 14.7 Å². The molecule has 1 aromatic heterocycles. The van der Waals surface area contributed by atoms with Crippen LogP contribution < -0.4 is 5.32 Å². The molecule has 20 heavy (non-hydrogen) atoms. The van der Waals surface area contributed by atoms with Crippen LogP contribution in [0.1, 0.15) is 30.6 Å². The summed E-state index contributed by atoms with van der Waals surface area (Å²) < 4.78 is 0. The van der Waals surface area contributed by atoms with Crippen molar-refractivity contribution in [1.29, 1.82) is 0 Å². The number of carbonyl (C=O) groups is 2. The summed E-state index contributed by atoms with van der Waals surface area (Å²) in [6, 6.07) is 0. The van der Waals surface area contributed by atoms with E-state index >= 15 is 0 Å². The molecule has 2 atom stereocenters. The van der Waals surface area contributed by atoms with Crippen molar-refractivity contribution in [2.24, 2.45) is 23.7 Å². The van der Waals surface area contributed by atoms with Gasteiger partial charge < -0.3 is 10.4 Å². The zero-order valence-corrected chi connectivity index (χ0v) is 12.2. The van der Waals surface area contributed by atoms with Crippen LogP contribution in [0.15, 0.2) is 6.20 Å². The molecule has 2 N–H and O–H groups in total. The lowest BCUT2D eigenvalue weighted by Gasteiger charge is -2.45. The monoisotopic (exact) mass is 294 g/mol. The summed E-state index contributed by atoms with van der Waals surface area (Å²) in [6.07, 6.45) is 5.55. The number of hydrogen-bond acceptors (Lipinski definition) is 4. The number of carboxylic acids is 1. The van der Waals surface area contributed by atoms with Gasteiger partial charge in [0, 0.05) is 11.1 Å². The molecule has 3 fully saturated rings. The molecule has 0 unspecified atom stereocenters. The molecule has 0 radical (unpaired) electrons. The Bertz CT molecular complexity index is 534. The number of hydrogen-bond donors (Lipinski definition) is 2. The summed E-state index contributed by atoms with van der Waals surface area (Å²) in [5, 5.41) is 12.8. The van der Waals surface area contributed by atoms with Crippen molar-refractivity contribution in [2.75, 3.05) is 5.32 Å². The molecule has 0 aromatic carbocycles.